The van der Waals surface area contributed by atoms with Gasteiger partial charge in [-0.25, -0.2) is 15.0 Å². The van der Waals surface area contributed by atoms with Crippen molar-refractivity contribution >= 4 is 56.4 Å². The van der Waals surface area contributed by atoms with Crippen LogP contribution in [0.25, 0.3) is 0 Å². The van der Waals surface area contributed by atoms with Crippen molar-refractivity contribution in [2.45, 2.75) is 24.5 Å². The lowest BCUT2D eigenvalue weighted by molar-refractivity contribution is -0.114. The molecule has 0 aliphatic rings. The molecule has 0 atom stereocenters. The lowest BCUT2D eigenvalue weighted by atomic mass is 10.3. The van der Waals surface area contributed by atoms with Gasteiger partial charge >= 0.3 is 0 Å². The van der Waals surface area contributed by atoms with Gasteiger partial charge in [0.15, 0.2) is 21.8 Å². The Hall–Kier alpha value is -2.95. The molecule has 10 heteroatoms. The van der Waals surface area contributed by atoms with Crippen molar-refractivity contribution in [3.63, 3.8) is 0 Å². The fourth-order valence-corrected chi connectivity index (χ4v) is 4.87. The van der Waals surface area contributed by atoms with Crippen LogP contribution in [0.4, 0.5) is 16.1 Å². The standard InChI is InChI=1S/C21H19N5O2S3/c1-13-10-30-20(23-13)26-19-18(28-16-6-4-3-5-7-16)8-17(9-22-19)29-11-15-12-31-21(25-15)24-14(2)27/h3-10,12H,11H2,1-2H3,(H,22,23,26)(H,24,25,27). The van der Waals surface area contributed by atoms with E-state index in [-0.39, 0.29) is 5.91 Å². The first kappa shape index (κ1) is 21.3. The topological polar surface area (TPSA) is 89.0 Å². The van der Waals surface area contributed by atoms with Crippen LogP contribution < -0.4 is 15.4 Å². The predicted octanol–water partition coefficient (Wildman–Crippen LogP) is 6.09. The number of hydrogen-bond acceptors (Lipinski definition) is 9. The number of rotatable bonds is 8. The minimum atomic E-state index is -0.126. The summed E-state index contributed by atoms with van der Waals surface area (Å²) in [6.07, 6.45) is 1.80. The maximum absolute atomic E-state index is 11.2. The molecule has 0 spiro atoms. The van der Waals surface area contributed by atoms with Gasteiger partial charge in [0.25, 0.3) is 0 Å². The molecule has 31 heavy (non-hydrogen) atoms. The fourth-order valence-electron chi connectivity index (χ4n) is 2.54. The van der Waals surface area contributed by atoms with E-state index in [4.69, 9.17) is 4.74 Å². The summed E-state index contributed by atoms with van der Waals surface area (Å²) in [6, 6.07) is 11.5. The maximum atomic E-state index is 11.2. The van der Waals surface area contributed by atoms with Gasteiger partial charge in [0.2, 0.25) is 5.91 Å². The van der Waals surface area contributed by atoms with Crippen molar-refractivity contribution in [3.8, 4) is 11.5 Å². The molecule has 3 heterocycles. The van der Waals surface area contributed by atoms with E-state index in [0.29, 0.717) is 22.5 Å². The first-order chi connectivity index (χ1) is 15.0. The molecule has 0 aliphatic heterocycles. The Labute approximate surface area is 192 Å². The van der Waals surface area contributed by atoms with Gasteiger partial charge in [-0.2, -0.15) is 0 Å². The van der Waals surface area contributed by atoms with Crippen molar-refractivity contribution in [1.29, 1.82) is 0 Å². The molecule has 0 radical (unpaired) electrons. The number of anilines is 3. The highest BCUT2D eigenvalue weighted by Gasteiger charge is 2.12. The SMILES string of the molecule is CC(=O)Nc1nc(CSc2cnc(Nc3nc(C)cs3)c(Oc3ccccc3)c2)cs1. The van der Waals surface area contributed by atoms with Gasteiger partial charge in [0.05, 0.1) is 11.4 Å². The summed E-state index contributed by atoms with van der Waals surface area (Å²) in [4.78, 5) is 25.6. The number of thiazole rings is 2. The monoisotopic (exact) mass is 469 g/mol. The number of aromatic nitrogens is 3. The zero-order chi connectivity index (χ0) is 21.6. The number of carbonyl (C=O) groups is 1. The van der Waals surface area contributed by atoms with Gasteiger partial charge in [0.1, 0.15) is 5.75 Å². The van der Waals surface area contributed by atoms with E-state index in [0.717, 1.165) is 27.2 Å². The third kappa shape index (κ3) is 6.03. The summed E-state index contributed by atoms with van der Waals surface area (Å²) in [6.45, 7) is 3.42. The Balaban J connectivity index is 1.52. The van der Waals surface area contributed by atoms with Crippen molar-refractivity contribution in [2.75, 3.05) is 10.6 Å². The third-order valence-electron chi connectivity index (χ3n) is 3.86. The molecule has 7 nitrogen and oxygen atoms in total. The predicted molar refractivity (Wildman–Crippen MR) is 127 cm³/mol. The van der Waals surface area contributed by atoms with Crippen molar-refractivity contribution in [1.82, 2.24) is 15.0 Å². The van der Waals surface area contributed by atoms with Gasteiger partial charge in [-0.15, -0.1) is 34.4 Å². The largest absolute Gasteiger partial charge is 0.453 e. The van der Waals surface area contributed by atoms with E-state index in [1.165, 1.54) is 29.6 Å². The van der Waals surface area contributed by atoms with Crippen LogP contribution in [0.3, 0.4) is 0 Å². The Morgan fingerprint density at radius 1 is 1.13 bits per heavy atom. The van der Waals surface area contributed by atoms with Crippen molar-refractivity contribution < 1.29 is 9.53 Å². The minimum absolute atomic E-state index is 0.126. The van der Waals surface area contributed by atoms with Crippen molar-refractivity contribution in [2.24, 2.45) is 0 Å². The molecular formula is C21H19N5O2S3. The third-order valence-corrected chi connectivity index (χ3v) is 6.54. The Kier molecular flexibility index (Phi) is 6.80. The number of thioether (sulfide) groups is 1. The second-order valence-corrected chi connectivity index (χ2v) is 9.23. The lowest BCUT2D eigenvalue weighted by Gasteiger charge is -2.12. The first-order valence-electron chi connectivity index (χ1n) is 9.32. The summed E-state index contributed by atoms with van der Waals surface area (Å²) in [5, 5.41) is 11.2. The second-order valence-electron chi connectivity index (χ2n) is 6.47. The van der Waals surface area contributed by atoms with Crippen LogP contribution in [0.1, 0.15) is 18.3 Å². The number of aryl methyl sites for hydroxylation is 1. The average Bonchev–Trinajstić information content (AvgIpc) is 3.37. The number of ether oxygens (including phenoxy) is 1. The Bertz CT molecular complexity index is 1180. The molecule has 0 saturated heterocycles. The number of pyridine rings is 1. The minimum Gasteiger partial charge on any atom is -0.453 e. The molecule has 1 aromatic carbocycles. The summed E-state index contributed by atoms with van der Waals surface area (Å²) in [5.41, 5.74) is 1.84. The van der Waals surface area contributed by atoms with Crippen LogP contribution in [-0.4, -0.2) is 20.9 Å². The van der Waals surface area contributed by atoms with Gasteiger partial charge < -0.3 is 15.4 Å². The summed E-state index contributed by atoms with van der Waals surface area (Å²) in [5.74, 6) is 2.47. The van der Waals surface area contributed by atoms with E-state index in [1.807, 2.05) is 54.1 Å². The molecule has 0 unspecified atom stereocenters. The number of amides is 1. The normalized spacial score (nSPS) is 10.6. The zero-order valence-electron chi connectivity index (χ0n) is 16.8. The molecule has 0 saturated carbocycles. The van der Waals surface area contributed by atoms with Crippen LogP contribution >= 0.6 is 34.4 Å². The highest BCUT2D eigenvalue weighted by atomic mass is 32.2. The number of para-hydroxylation sites is 1. The fraction of sp³-hybridized carbons (Fsp3) is 0.143. The van der Waals surface area contributed by atoms with Gasteiger partial charge in [-0.1, -0.05) is 18.2 Å². The summed E-state index contributed by atoms with van der Waals surface area (Å²) < 4.78 is 6.11. The maximum Gasteiger partial charge on any atom is 0.223 e. The summed E-state index contributed by atoms with van der Waals surface area (Å²) >= 11 is 4.53. The Morgan fingerprint density at radius 3 is 2.68 bits per heavy atom. The highest BCUT2D eigenvalue weighted by Crippen LogP contribution is 2.35. The van der Waals surface area contributed by atoms with Crippen LogP contribution in [-0.2, 0) is 10.5 Å². The highest BCUT2D eigenvalue weighted by molar-refractivity contribution is 7.98. The molecule has 0 fully saturated rings. The zero-order valence-corrected chi connectivity index (χ0v) is 19.2. The van der Waals surface area contributed by atoms with Gasteiger partial charge in [-0.05, 0) is 25.1 Å². The quantitative estimate of drug-likeness (QED) is 0.302. The van der Waals surface area contributed by atoms with Gasteiger partial charge in [-0.3, -0.25) is 4.79 Å². The van der Waals surface area contributed by atoms with Crippen LogP contribution in [0.15, 0.2) is 58.3 Å². The molecule has 4 rings (SSSR count). The van der Waals surface area contributed by atoms with E-state index in [1.54, 1.807) is 18.0 Å². The molecule has 0 bridgehead atoms. The molecule has 0 aliphatic carbocycles. The molecule has 3 aromatic heterocycles. The van der Waals surface area contributed by atoms with Crippen LogP contribution in [0.2, 0.25) is 0 Å². The summed E-state index contributed by atoms with van der Waals surface area (Å²) in [7, 11) is 0. The van der Waals surface area contributed by atoms with E-state index in [9.17, 15) is 4.79 Å². The average molecular weight is 470 g/mol. The number of nitrogens with one attached hydrogen (secondary N) is 2. The van der Waals surface area contributed by atoms with Gasteiger partial charge in [0, 0.05) is 34.5 Å². The van der Waals surface area contributed by atoms with E-state index < -0.39 is 0 Å². The molecule has 2 N–H and O–H groups in total. The Morgan fingerprint density at radius 2 is 1.94 bits per heavy atom. The number of carbonyl (C=O) groups excluding carboxylic acids is 1. The molecule has 4 aromatic rings. The number of hydrogen-bond donors (Lipinski definition) is 2. The first-order valence-corrected chi connectivity index (χ1v) is 12.1. The molecule has 1 amide bonds. The van der Waals surface area contributed by atoms with Crippen molar-refractivity contribution in [3.05, 3.63) is 64.7 Å². The number of benzene rings is 1. The van der Waals surface area contributed by atoms with E-state index in [2.05, 4.69) is 25.6 Å². The lowest BCUT2D eigenvalue weighted by Crippen LogP contribution is -2.05. The van der Waals surface area contributed by atoms with Crippen LogP contribution in [0, 0.1) is 6.92 Å². The smallest absolute Gasteiger partial charge is 0.223 e. The van der Waals surface area contributed by atoms with E-state index >= 15 is 0 Å². The molecular weight excluding hydrogens is 450 g/mol. The van der Waals surface area contributed by atoms with Crippen LogP contribution in [0.5, 0.6) is 11.5 Å². The second kappa shape index (κ2) is 9.90. The number of nitrogens with zero attached hydrogens (tertiary/aromatic N) is 3. The molecule has 158 valence electrons.